The van der Waals surface area contributed by atoms with Crippen molar-refractivity contribution in [1.82, 2.24) is 0 Å². The summed E-state index contributed by atoms with van der Waals surface area (Å²) in [6, 6.07) is 0. The highest BCUT2D eigenvalue weighted by molar-refractivity contribution is 5.91. The summed E-state index contributed by atoms with van der Waals surface area (Å²) in [5, 5.41) is 0. The third kappa shape index (κ3) is 2.53. The number of epoxide rings is 1. The average molecular weight is 224 g/mol. The normalized spacial score (nSPS) is 32.4. The van der Waals surface area contributed by atoms with E-state index in [-0.39, 0.29) is 11.4 Å². The summed E-state index contributed by atoms with van der Waals surface area (Å²) in [6.45, 7) is 4.81. The van der Waals surface area contributed by atoms with E-state index in [9.17, 15) is 4.79 Å². The molecule has 3 heteroatoms. The molecule has 0 saturated carbocycles. The number of ketones is 1. The Bertz CT molecular complexity index is 317. The van der Waals surface area contributed by atoms with Gasteiger partial charge >= 0.3 is 0 Å². The van der Waals surface area contributed by atoms with Gasteiger partial charge < -0.3 is 9.47 Å². The first-order chi connectivity index (χ1) is 7.53. The molecule has 3 nitrogen and oxygen atoms in total. The molecule has 0 radical (unpaired) electrons. The minimum atomic E-state index is 0.0413. The topological polar surface area (TPSA) is 38.8 Å². The average Bonchev–Trinajstić information content (AvgIpc) is 2.79. The summed E-state index contributed by atoms with van der Waals surface area (Å²) >= 11 is 0. The third-order valence-electron chi connectivity index (χ3n) is 3.58. The number of allylic oxidation sites excluding steroid dienone is 1. The molecule has 0 bridgehead atoms. The van der Waals surface area contributed by atoms with Gasteiger partial charge in [-0.05, 0) is 44.3 Å². The smallest absolute Gasteiger partial charge is 0.155 e. The number of rotatable bonds is 4. The molecule has 2 unspecified atom stereocenters. The van der Waals surface area contributed by atoms with E-state index >= 15 is 0 Å². The number of carbonyl (C=O) groups excluding carboxylic acids is 1. The quantitative estimate of drug-likeness (QED) is 0.686. The molecule has 90 valence electrons. The standard InChI is InChI=1S/C13H20O3/c1-13(2)12(16-13)7-9-4-5-11(14)6-10(9)8-15-3/h6,9,12H,4-5,7-8H2,1-3H3. The van der Waals surface area contributed by atoms with Crippen molar-refractivity contribution in [1.29, 1.82) is 0 Å². The lowest BCUT2D eigenvalue weighted by Crippen LogP contribution is -2.20. The Balaban J connectivity index is 1.97. The molecule has 1 aliphatic heterocycles. The van der Waals surface area contributed by atoms with Crippen molar-refractivity contribution in [3.63, 3.8) is 0 Å². The van der Waals surface area contributed by atoms with Crippen LogP contribution in [0, 0.1) is 5.92 Å². The summed E-state index contributed by atoms with van der Waals surface area (Å²) in [6.07, 6.45) is 4.77. The van der Waals surface area contributed by atoms with Crippen molar-refractivity contribution >= 4 is 5.78 Å². The van der Waals surface area contributed by atoms with E-state index in [2.05, 4.69) is 13.8 Å². The molecule has 0 aromatic heterocycles. The van der Waals surface area contributed by atoms with Gasteiger partial charge in [-0.25, -0.2) is 0 Å². The zero-order valence-electron chi connectivity index (χ0n) is 10.3. The van der Waals surface area contributed by atoms with Crippen LogP contribution in [0.4, 0.5) is 0 Å². The zero-order valence-corrected chi connectivity index (χ0v) is 10.3. The van der Waals surface area contributed by atoms with Gasteiger partial charge in [0, 0.05) is 13.5 Å². The maximum absolute atomic E-state index is 11.4. The molecule has 16 heavy (non-hydrogen) atoms. The molecule has 0 amide bonds. The van der Waals surface area contributed by atoms with Crippen LogP contribution in [-0.4, -0.2) is 31.2 Å². The van der Waals surface area contributed by atoms with Crippen molar-refractivity contribution in [3.8, 4) is 0 Å². The largest absolute Gasteiger partial charge is 0.380 e. The van der Waals surface area contributed by atoms with E-state index in [1.807, 2.05) is 0 Å². The fourth-order valence-electron chi connectivity index (χ4n) is 2.42. The number of ether oxygens (including phenoxy) is 2. The Hall–Kier alpha value is -0.670. The highest BCUT2D eigenvalue weighted by Gasteiger charge is 2.48. The lowest BCUT2D eigenvalue weighted by atomic mass is 9.83. The van der Waals surface area contributed by atoms with Gasteiger partial charge in [-0.2, -0.15) is 0 Å². The van der Waals surface area contributed by atoms with Crippen molar-refractivity contribution in [3.05, 3.63) is 11.6 Å². The summed E-state index contributed by atoms with van der Waals surface area (Å²) in [5.41, 5.74) is 1.18. The SMILES string of the molecule is COCC1=CC(=O)CCC1CC1OC1(C)C. The van der Waals surface area contributed by atoms with Crippen molar-refractivity contribution in [2.75, 3.05) is 13.7 Å². The van der Waals surface area contributed by atoms with Crippen LogP contribution < -0.4 is 0 Å². The Kier molecular flexibility index (Phi) is 3.17. The molecule has 2 atom stereocenters. The van der Waals surface area contributed by atoms with Crippen molar-refractivity contribution < 1.29 is 14.3 Å². The van der Waals surface area contributed by atoms with E-state index < -0.39 is 0 Å². The van der Waals surface area contributed by atoms with Gasteiger partial charge in [-0.1, -0.05) is 0 Å². The van der Waals surface area contributed by atoms with Crippen LogP contribution in [0.3, 0.4) is 0 Å². The van der Waals surface area contributed by atoms with E-state index in [1.165, 1.54) is 0 Å². The number of hydrogen-bond donors (Lipinski definition) is 0. The lowest BCUT2D eigenvalue weighted by molar-refractivity contribution is -0.115. The van der Waals surface area contributed by atoms with Crippen LogP contribution in [0.1, 0.15) is 33.1 Å². The molecular weight excluding hydrogens is 204 g/mol. The molecule has 1 saturated heterocycles. The van der Waals surface area contributed by atoms with E-state index in [4.69, 9.17) is 9.47 Å². The Morgan fingerprint density at radius 3 is 2.81 bits per heavy atom. The molecular formula is C13H20O3. The lowest BCUT2D eigenvalue weighted by Gasteiger charge is -2.22. The first-order valence-electron chi connectivity index (χ1n) is 5.93. The van der Waals surface area contributed by atoms with Crippen LogP contribution in [0.5, 0.6) is 0 Å². The van der Waals surface area contributed by atoms with E-state index in [1.54, 1.807) is 13.2 Å². The molecule has 0 spiro atoms. The predicted molar refractivity (Wildman–Crippen MR) is 61.3 cm³/mol. The summed E-state index contributed by atoms with van der Waals surface area (Å²) in [5.74, 6) is 0.698. The van der Waals surface area contributed by atoms with Gasteiger partial charge in [-0.15, -0.1) is 0 Å². The maximum atomic E-state index is 11.4. The molecule has 1 fully saturated rings. The molecule has 1 aliphatic carbocycles. The second-order valence-corrected chi connectivity index (χ2v) is 5.30. The van der Waals surface area contributed by atoms with Crippen LogP contribution in [0.15, 0.2) is 11.6 Å². The fraction of sp³-hybridized carbons (Fsp3) is 0.769. The summed E-state index contributed by atoms with van der Waals surface area (Å²) < 4.78 is 10.8. The van der Waals surface area contributed by atoms with Crippen LogP contribution in [0.25, 0.3) is 0 Å². The number of methoxy groups -OCH3 is 1. The summed E-state index contributed by atoms with van der Waals surface area (Å²) in [7, 11) is 1.68. The van der Waals surface area contributed by atoms with Gasteiger partial charge in [0.1, 0.15) is 0 Å². The van der Waals surface area contributed by atoms with Crippen molar-refractivity contribution in [2.24, 2.45) is 5.92 Å². The van der Waals surface area contributed by atoms with Crippen LogP contribution in [-0.2, 0) is 14.3 Å². The minimum Gasteiger partial charge on any atom is -0.380 e. The van der Waals surface area contributed by atoms with Gasteiger partial charge in [0.2, 0.25) is 0 Å². The van der Waals surface area contributed by atoms with Gasteiger partial charge in [0.15, 0.2) is 5.78 Å². The fourth-order valence-corrected chi connectivity index (χ4v) is 2.42. The first-order valence-corrected chi connectivity index (χ1v) is 5.93. The monoisotopic (exact) mass is 224 g/mol. The van der Waals surface area contributed by atoms with E-state index in [0.717, 1.165) is 18.4 Å². The Morgan fingerprint density at radius 2 is 2.25 bits per heavy atom. The molecule has 0 aromatic rings. The van der Waals surface area contributed by atoms with Crippen LogP contribution in [0.2, 0.25) is 0 Å². The second-order valence-electron chi connectivity index (χ2n) is 5.30. The number of hydrogen-bond acceptors (Lipinski definition) is 3. The minimum absolute atomic E-state index is 0.0413. The van der Waals surface area contributed by atoms with Gasteiger partial charge in [0.05, 0.1) is 18.3 Å². The maximum Gasteiger partial charge on any atom is 0.155 e. The third-order valence-corrected chi connectivity index (χ3v) is 3.58. The van der Waals surface area contributed by atoms with Crippen LogP contribution >= 0.6 is 0 Å². The first kappa shape index (κ1) is 11.8. The summed E-state index contributed by atoms with van der Waals surface area (Å²) in [4.78, 5) is 11.4. The molecule has 2 rings (SSSR count). The Morgan fingerprint density at radius 1 is 1.56 bits per heavy atom. The highest BCUT2D eigenvalue weighted by Crippen LogP contribution is 2.42. The molecule has 0 N–H and O–H groups in total. The molecule has 0 aromatic carbocycles. The van der Waals surface area contributed by atoms with Gasteiger partial charge in [-0.3, -0.25) is 4.79 Å². The van der Waals surface area contributed by atoms with Gasteiger partial charge in [0.25, 0.3) is 0 Å². The molecule has 2 aliphatic rings. The second kappa shape index (κ2) is 4.30. The van der Waals surface area contributed by atoms with Crippen molar-refractivity contribution in [2.45, 2.75) is 44.8 Å². The zero-order chi connectivity index (χ0) is 11.8. The number of carbonyl (C=O) groups is 1. The Labute approximate surface area is 96.8 Å². The van der Waals surface area contributed by atoms with E-state index in [0.29, 0.717) is 25.0 Å². The molecule has 1 heterocycles. The highest BCUT2D eigenvalue weighted by atomic mass is 16.6. The predicted octanol–water partition coefficient (Wildman–Crippen LogP) is 2.11.